The zero-order valence-corrected chi connectivity index (χ0v) is 13.6. The van der Waals surface area contributed by atoms with Crippen molar-refractivity contribution in [2.45, 2.75) is 19.4 Å². The van der Waals surface area contributed by atoms with Crippen molar-refractivity contribution in [3.8, 4) is 0 Å². The standard InChI is InChI=1S/C17H21FN4O2/c1-12(23)19-13-4-5-15(18)16(10-13)20-17(24)22-9-6-14(11-22)21-7-2-3-8-21/h2-5,10,14H,6-9,11H2,1H3,(H,19,23)(H,20,24). The summed E-state index contributed by atoms with van der Waals surface area (Å²) in [5.41, 5.74) is 0.513. The molecule has 2 N–H and O–H groups in total. The van der Waals surface area contributed by atoms with Crippen molar-refractivity contribution in [1.29, 1.82) is 0 Å². The lowest BCUT2D eigenvalue weighted by molar-refractivity contribution is -0.114. The van der Waals surface area contributed by atoms with Crippen LogP contribution in [0.2, 0.25) is 0 Å². The highest BCUT2D eigenvalue weighted by Gasteiger charge is 2.30. The van der Waals surface area contributed by atoms with E-state index in [1.165, 1.54) is 25.1 Å². The van der Waals surface area contributed by atoms with Crippen LogP contribution in [-0.4, -0.2) is 54.0 Å². The summed E-state index contributed by atoms with van der Waals surface area (Å²) in [5, 5.41) is 5.18. The van der Waals surface area contributed by atoms with Crippen LogP contribution in [0.25, 0.3) is 0 Å². The number of hydrogen-bond donors (Lipinski definition) is 2. The van der Waals surface area contributed by atoms with Crippen LogP contribution in [0.5, 0.6) is 0 Å². The Bertz CT molecular complexity index is 669. The molecule has 0 bridgehead atoms. The van der Waals surface area contributed by atoms with Crippen LogP contribution in [0.4, 0.5) is 20.6 Å². The van der Waals surface area contributed by atoms with E-state index in [0.717, 1.165) is 19.5 Å². The molecule has 128 valence electrons. The minimum absolute atomic E-state index is 0.0672. The molecule has 0 aromatic heterocycles. The molecule has 3 amide bonds. The van der Waals surface area contributed by atoms with Gasteiger partial charge in [0.15, 0.2) is 0 Å². The Morgan fingerprint density at radius 2 is 1.96 bits per heavy atom. The maximum Gasteiger partial charge on any atom is 0.321 e. The van der Waals surface area contributed by atoms with Gasteiger partial charge in [-0.05, 0) is 24.6 Å². The molecule has 2 heterocycles. The number of likely N-dealkylation sites (tertiary alicyclic amines) is 1. The lowest BCUT2D eigenvalue weighted by atomic mass is 10.2. The van der Waals surface area contributed by atoms with E-state index in [2.05, 4.69) is 27.7 Å². The Labute approximate surface area is 140 Å². The van der Waals surface area contributed by atoms with E-state index in [0.29, 0.717) is 24.8 Å². The second-order valence-corrected chi connectivity index (χ2v) is 6.12. The van der Waals surface area contributed by atoms with Crippen molar-refractivity contribution in [3.63, 3.8) is 0 Å². The van der Waals surface area contributed by atoms with Crippen molar-refractivity contribution >= 4 is 23.3 Å². The SMILES string of the molecule is CC(=O)Nc1ccc(F)c(NC(=O)N2CCC(N3CC=CC3)C2)c1. The van der Waals surface area contributed by atoms with Gasteiger partial charge in [-0.2, -0.15) is 0 Å². The van der Waals surface area contributed by atoms with Gasteiger partial charge in [0.05, 0.1) is 5.69 Å². The van der Waals surface area contributed by atoms with Gasteiger partial charge in [0, 0.05) is 44.8 Å². The van der Waals surface area contributed by atoms with Gasteiger partial charge in [-0.1, -0.05) is 12.2 Å². The summed E-state index contributed by atoms with van der Waals surface area (Å²) in [4.78, 5) is 27.5. The first kappa shape index (κ1) is 16.4. The monoisotopic (exact) mass is 332 g/mol. The average molecular weight is 332 g/mol. The molecule has 0 aliphatic carbocycles. The summed E-state index contributed by atoms with van der Waals surface area (Å²) in [7, 11) is 0. The number of benzene rings is 1. The minimum atomic E-state index is -0.531. The van der Waals surface area contributed by atoms with E-state index in [4.69, 9.17) is 0 Å². The van der Waals surface area contributed by atoms with Gasteiger partial charge < -0.3 is 15.5 Å². The zero-order chi connectivity index (χ0) is 17.1. The topological polar surface area (TPSA) is 64.7 Å². The molecular weight excluding hydrogens is 311 g/mol. The van der Waals surface area contributed by atoms with E-state index in [1.807, 2.05) is 0 Å². The van der Waals surface area contributed by atoms with Crippen molar-refractivity contribution in [1.82, 2.24) is 9.80 Å². The second-order valence-electron chi connectivity index (χ2n) is 6.12. The van der Waals surface area contributed by atoms with Gasteiger partial charge in [-0.25, -0.2) is 9.18 Å². The molecule has 0 saturated carbocycles. The number of carbonyl (C=O) groups is 2. The number of amides is 3. The van der Waals surface area contributed by atoms with Gasteiger partial charge in [0.2, 0.25) is 5.91 Å². The fraction of sp³-hybridized carbons (Fsp3) is 0.412. The summed E-state index contributed by atoms with van der Waals surface area (Å²) in [6, 6.07) is 4.14. The van der Waals surface area contributed by atoms with Crippen LogP contribution in [0.15, 0.2) is 30.4 Å². The molecule has 1 unspecified atom stereocenters. The molecule has 3 rings (SSSR count). The van der Waals surface area contributed by atoms with Crippen LogP contribution >= 0.6 is 0 Å². The van der Waals surface area contributed by atoms with Crippen molar-refractivity contribution < 1.29 is 14.0 Å². The summed E-state index contributed by atoms with van der Waals surface area (Å²) in [5.74, 6) is -0.780. The Morgan fingerprint density at radius 3 is 2.67 bits per heavy atom. The summed E-state index contributed by atoms with van der Waals surface area (Å²) >= 11 is 0. The van der Waals surface area contributed by atoms with E-state index in [1.54, 1.807) is 4.90 Å². The lowest BCUT2D eigenvalue weighted by Gasteiger charge is -2.23. The number of nitrogens with one attached hydrogen (secondary N) is 2. The van der Waals surface area contributed by atoms with Crippen molar-refractivity contribution in [2.24, 2.45) is 0 Å². The molecule has 2 aliphatic rings. The van der Waals surface area contributed by atoms with Crippen molar-refractivity contribution in [3.05, 3.63) is 36.2 Å². The minimum Gasteiger partial charge on any atom is -0.326 e. The first-order valence-corrected chi connectivity index (χ1v) is 8.05. The van der Waals surface area contributed by atoms with Gasteiger partial charge in [0.25, 0.3) is 0 Å². The number of halogens is 1. The van der Waals surface area contributed by atoms with Crippen LogP contribution in [-0.2, 0) is 4.79 Å². The van der Waals surface area contributed by atoms with E-state index < -0.39 is 5.82 Å². The highest BCUT2D eigenvalue weighted by Crippen LogP contribution is 2.22. The summed E-state index contributed by atoms with van der Waals surface area (Å²) in [6.07, 6.45) is 5.18. The van der Waals surface area contributed by atoms with Crippen LogP contribution < -0.4 is 10.6 Å². The molecule has 7 heteroatoms. The van der Waals surface area contributed by atoms with Crippen molar-refractivity contribution in [2.75, 3.05) is 36.8 Å². The molecule has 1 fully saturated rings. The van der Waals surface area contributed by atoms with Gasteiger partial charge in [0.1, 0.15) is 5.82 Å². The smallest absolute Gasteiger partial charge is 0.321 e. The van der Waals surface area contributed by atoms with Crippen LogP contribution in [0.3, 0.4) is 0 Å². The molecule has 24 heavy (non-hydrogen) atoms. The number of rotatable bonds is 3. The summed E-state index contributed by atoms with van der Waals surface area (Å²) in [6.45, 7) is 4.51. The number of urea groups is 1. The fourth-order valence-corrected chi connectivity index (χ4v) is 3.11. The molecule has 1 aromatic rings. The Morgan fingerprint density at radius 1 is 1.21 bits per heavy atom. The number of nitrogens with zero attached hydrogens (tertiary/aromatic N) is 2. The van der Waals surface area contributed by atoms with Gasteiger partial charge in [-0.15, -0.1) is 0 Å². The van der Waals surface area contributed by atoms with Crippen LogP contribution in [0, 0.1) is 5.82 Å². The molecule has 0 radical (unpaired) electrons. The van der Waals surface area contributed by atoms with E-state index >= 15 is 0 Å². The third-order valence-corrected chi connectivity index (χ3v) is 4.34. The van der Waals surface area contributed by atoms with Gasteiger partial charge >= 0.3 is 6.03 Å². The average Bonchev–Trinajstić information content (AvgIpc) is 3.20. The fourth-order valence-electron chi connectivity index (χ4n) is 3.11. The first-order chi connectivity index (χ1) is 11.5. The molecule has 1 aromatic carbocycles. The lowest BCUT2D eigenvalue weighted by Crippen LogP contribution is -2.39. The first-order valence-electron chi connectivity index (χ1n) is 8.05. The normalized spacial score (nSPS) is 20.4. The predicted octanol–water partition coefficient (Wildman–Crippen LogP) is 2.26. The molecule has 1 atom stereocenters. The number of anilines is 2. The second kappa shape index (κ2) is 7.00. The molecule has 2 aliphatic heterocycles. The highest BCUT2D eigenvalue weighted by molar-refractivity contribution is 5.92. The maximum absolute atomic E-state index is 13.9. The predicted molar refractivity (Wildman–Crippen MR) is 90.4 cm³/mol. The Balaban J connectivity index is 1.61. The molecule has 0 spiro atoms. The summed E-state index contributed by atoms with van der Waals surface area (Å²) < 4.78 is 13.9. The van der Waals surface area contributed by atoms with E-state index in [9.17, 15) is 14.0 Å². The van der Waals surface area contributed by atoms with Crippen LogP contribution in [0.1, 0.15) is 13.3 Å². The maximum atomic E-state index is 13.9. The van der Waals surface area contributed by atoms with E-state index in [-0.39, 0.29) is 17.6 Å². The Kier molecular flexibility index (Phi) is 4.80. The van der Waals surface area contributed by atoms with Gasteiger partial charge in [-0.3, -0.25) is 9.69 Å². The third-order valence-electron chi connectivity index (χ3n) is 4.34. The highest BCUT2D eigenvalue weighted by atomic mass is 19.1. The zero-order valence-electron chi connectivity index (χ0n) is 13.6. The largest absolute Gasteiger partial charge is 0.326 e. The molecular formula is C17H21FN4O2. The quantitative estimate of drug-likeness (QED) is 0.835. The molecule has 1 saturated heterocycles. The molecule has 6 nitrogen and oxygen atoms in total. The Hall–Kier alpha value is -2.41. The number of carbonyl (C=O) groups excluding carboxylic acids is 2. The number of hydrogen-bond acceptors (Lipinski definition) is 3. The third kappa shape index (κ3) is 3.73.